The molecule has 0 saturated heterocycles. The van der Waals surface area contributed by atoms with Crippen LogP contribution in [0.5, 0.6) is 0 Å². The fourth-order valence-corrected chi connectivity index (χ4v) is 5.05. The number of hydrogen-bond acceptors (Lipinski definition) is 6. The number of aliphatic hydroxyl groups is 1. The van der Waals surface area contributed by atoms with Crippen molar-refractivity contribution in [3.63, 3.8) is 0 Å². The topological polar surface area (TPSA) is 108 Å². The predicted octanol–water partition coefficient (Wildman–Crippen LogP) is 1.92. The third kappa shape index (κ3) is 6.44. The Morgan fingerprint density at radius 3 is 2.56 bits per heavy atom. The summed E-state index contributed by atoms with van der Waals surface area (Å²) >= 11 is 0. The molecule has 32 heavy (non-hydrogen) atoms. The summed E-state index contributed by atoms with van der Waals surface area (Å²) in [6.07, 6.45) is -0.421. The molecule has 178 valence electrons. The Kier molecular flexibility index (Phi) is 7.80. The van der Waals surface area contributed by atoms with Gasteiger partial charge in [-0.25, -0.2) is 8.42 Å². The first-order valence-electron chi connectivity index (χ1n) is 10.3. The van der Waals surface area contributed by atoms with Crippen LogP contribution in [0.25, 0.3) is 0 Å². The van der Waals surface area contributed by atoms with Gasteiger partial charge in [0, 0.05) is 31.2 Å². The Hall–Kier alpha value is -2.15. The van der Waals surface area contributed by atoms with Crippen molar-refractivity contribution in [3.8, 4) is 0 Å². The van der Waals surface area contributed by atoms with Crippen LogP contribution in [0.4, 0.5) is 13.2 Å². The van der Waals surface area contributed by atoms with E-state index in [2.05, 4.69) is 10.8 Å². The molecule has 1 aromatic rings. The van der Waals surface area contributed by atoms with Gasteiger partial charge in [-0.1, -0.05) is 6.07 Å². The fraction of sp³-hybridized carbons (Fsp3) is 0.550. The number of rotatable bonds is 7. The average Bonchev–Trinajstić information content (AvgIpc) is 2.75. The first-order valence-corrected chi connectivity index (χ1v) is 11.7. The van der Waals surface area contributed by atoms with E-state index < -0.39 is 26.7 Å². The molecule has 0 bridgehead atoms. The van der Waals surface area contributed by atoms with Crippen LogP contribution in [0.15, 0.2) is 40.9 Å². The molecule has 0 spiro atoms. The lowest BCUT2D eigenvalue weighted by molar-refractivity contribution is -0.137. The number of nitrogens with one attached hydrogen (secondary N) is 2. The Bertz CT molecular complexity index is 944. The van der Waals surface area contributed by atoms with E-state index >= 15 is 0 Å². The van der Waals surface area contributed by atoms with E-state index in [-0.39, 0.29) is 44.2 Å². The summed E-state index contributed by atoms with van der Waals surface area (Å²) in [7, 11) is -4.08. The zero-order chi connectivity index (χ0) is 23.4. The van der Waals surface area contributed by atoms with Crippen molar-refractivity contribution < 1.29 is 36.3 Å². The summed E-state index contributed by atoms with van der Waals surface area (Å²) in [6, 6.07) is 3.66. The highest BCUT2D eigenvalue weighted by Crippen LogP contribution is 2.31. The molecule has 12 heteroatoms. The van der Waals surface area contributed by atoms with Crippen LogP contribution in [0.1, 0.15) is 37.7 Å². The molecule has 0 atom stereocenters. The number of halogens is 3. The summed E-state index contributed by atoms with van der Waals surface area (Å²) < 4.78 is 65.2. The molecule has 1 aromatic carbocycles. The molecule has 1 aliphatic carbocycles. The summed E-state index contributed by atoms with van der Waals surface area (Å²) in [5.41, 5.74) is 2.18. The molecule has 1 heterocycles. The Labute approximate surface area is 184 Å². The zero-order valence-electron chi connectivity index (χ0n) is 17.3. The molecule has 2 aliphatic rings. The van der Waals surface area contributed by atoms with Crippen LogP contribution in [-0.2, 0) is 25.8 Å². The highest BCUT2D eigenvalue weighted by molar-refractivity contribution is 7.89. The molecular weight excluding hydrogens is 451 g/mol. The maximum absolute atomic E-state index is 12.9. The fourth-order valence-electron chi connectivity index (χ4n) is 3.63. The van der Waals surface area contributed by atoms with Gasteiger partial charge in [0.1, 0.15) is 0 Å². The van der Waals surface area contributed by atoms with Crippen LogP contribution < -0.4 is 10.8 Å². The highest BCUT2D eigenvalue weighted by atomic mass is 32.2. The molecule has 0 aromatic heterocycles. The van der Waals surface area contributed by atoms with Gasteiger partial charge in [0.05, 0.1) is 16.6 Å². The number of aliphatic hydroxyl groups excluding tert-OH is 1. The van der Waals surface area contributed by atoms with Crippen molar-refractivity contribution in [2.75, 3.05) is 19.7 Å². The maximum Gasteiger partial charge on any atom is 0.416 e. The third-order valence-electron chi connectivity index (χ3n) is 5.44. The van der Waals surface area contributed by atoms with E-state index in [1.54, 1.807) is 6.08 Å². The summed E-state index contributed by atoms with van der Waals surface area (Å²) in [6.45, 7) is -0.221. The van der Waals surface area contributed by atoms with Crippen LogP contribution in [0.3, 0.4) is 0 Å². The lowest BCUT2D eigenvalue weighted by Gasteiger charge is -2.27. The van der Waals surface area contributed by atoms with Crippen molar-refractivity contribution in [1.29, 1.82) is 0 Å². The maximum atomic E-state index is 12.9. The molecule has 8 nitrogen and oxygen atoms in total. The molecule has 3 N–H and O–H groups in total. The van der Waals surface area contributed by atoms with Gasteiger partial charge in [-0.05, 0) is 50.0 Å². The first-order chi connectivity index (χ1) is 15.1. The number of carbonyl (C=O) groups is 1. The van der Waals surface area contributed by atoms with E-state index in [1.165, 1.54) is 0 Å². The monoisotopic (exact) mass is 477 g/mol. The summed E-state index contributed by atoms with van der Waals surface area (Å²) in [4.78, 5) is 16.7. The van der Waals surface area contributed by atoms with Gasteiger partial charge in [-0.15, -0.1) is 0 Å². The van der Waals surface area contributed by atoms with Gasteiger partial charge in [-0.3, -0.25) is 15.1 Å². The van der Waals surface area contributed by atoms with Crippen LogP contribution in [0.2, 0.25) is 0 Å². The second kappa shape index (κ2) is 10.2. The smallest absolute Gasteiger partial charge is 0.393 e. The molecule has 3 rings (SSSR count). The van der Waals surface area contributed by atoms with E-state index in [1.807, 2.05) is 0 Å². The number of benzene rings is 1. The van der Waals surface area contributed by atoms with Gasteiger partial charge >= 0.3 is 6.18 Å². The van der Waals surface area contributed by atoms with E-state index in [9.17, 15) is 31.5 Å². The molecule has 1 fully saturated rings. The number of nitrogens with zero attached hydrogens (tertiary/aromatic N) is 1. The number of amides is 1. The van der Waals surface area contributed by atoms with Crippen LogP contribution in [-0.4, -0.2) is 55.6 Å². The molecule has 0 radical (unpaired) electrons. The minimum absolute atomic E-state index is 0.0120. The largest absolute Gasteiger partial charge is 0.416 e. The summed E-state index contributed by atoms with van der Waals surface area (Å²) in [5.74, 6) is -0.302. The number of hydrogen-bond donors (Lipinski definition) is 3. The second-order valence-corrected chi connectivity index (χ2v) is 9.77. The standard InChI is InChI=1S/C20H26F3N3O5S/c21-20(22,23)14-2-1-3-18(12-14)32(29,30)26-10-8-16(9-11-26)25-31-13-19(28)24-15-4-6-17(27)7-5-15/h1-3,8,12,15,17,25,27H,4-7,9-11,13H2,(H,24,28). The van der Waals surface area contributed by atoms with Crippen molar-refractivity contribution in [2.45, 2.75) is 55.3 Å². The predicted molar refractivity (Wildman–Crippen MR) is 108 cm³/mol. The summed E-state index contributed by atoms with van der Waals surface area (Å²) in [5, 5.41) is 12.3. The molecule has 1 aliphatic heterocycles. The van der Waals surface area contributed by atoms with Gasteiger partial charge in [-0.2, -0.15) is 17.5 Å². The van der Waals surface area contributed by atoms with E-state index in [4.69, 9.17) is 4.84 Å². The Morgan fingerprint density at radius 1 is 1.22 bits per heavy atom. The van der Waals surface area contributed by atoms with Gasteiger partial charge in [0.2, 0.25) is 15.9 Å². The van der Waals surface area contributed by atoms with Gasteiger partial charge in [0.25, 0.3) is 0 Å². The van der Waals surface area contributed by atoms with E-state index in [0.29, 0.717) is 37.4 Å². The Balaban J connectivity index is 1.47. The van der Waals surface area contributed by atoms with Gasteiger partial charge < -0.3 is 10.4 Å². The molecular formula is C20H26F3N3O5S. The second-order valence-electron chi connectivity index (χ2n) is 7.83. The lowest BCUT2D eigenvalue weighted by atomic mass is 9.93. The van der Waals surface area contributed by atoms with Crippen molar-refractivity contribution in [2.24, 2.45) is 0 Å². The van der Waals surface area contributed by atoms with Crippen molar-refractivity contribution >= 4 is 15.9 Å². The number of sulfonamides is 1. The zero-order valence-corrected chi connectivity index (χ0v) is 18.1. The van der Waals surface area contributed by atoms with Crippen molar-refractivity contribution in [1.82, 2.24) is 15.1 Å². The lowest BCUT2D eigenvalue weighted by Crippen LogP contribution is -2.41. The quantitative estimate of drug-likeness (QED) is 0.518. The van der Waals surface area contributed by atoms with E-state index in [0.717, 1.165) is 22.5 Å². The molecule has 1 saturated carbocycles. The Morgan fingerprint density at radius 2 is 1.94 bits per heavy atom. The number of alkyl halides is 3. The van der Waals surface area contributed by atoms with Crippen molar-refractivity contribution in [3.05, 3.63) is 41.6 Å². The van der Waals surface area contributed by atoms with Gasteiger partial charge in [0.15, 0.2) is 6.61 Å². The SMILES string of the molecule is O=C(CONC1=CCN(S(=O)(=O)c2cccc(C(F)(F)F)c2)CC1)NC1CCC(O)CC1. The minimum Gasteiger partial charge on any atom is -0.393 e. The first kappa shape index (κ1) is 24.5. The average molecular weight is 478 g/mol. The number of carbonyl (C=O) groups excluding carboxylic acids is 1. The third-order valence-corrected chi connectivity index (χ3v) is 7.30. The van der Waals surface area contributed by atoms with Crippen LogP contribution in [0, 0.1) is 0 Å². The highest BCUT2D eigenvalue weighted by Gasteiger charge is 2.33. The minimum atomic E-state index is -4.63. The molecule has 0 unspecified atom stereocenters. The van der Waals surface area contributed by atoms with Crippen LogP contribution >= 0.6 is 0 Å². The molecule has 1 amide bonds. The normalized spacial score (nSPS) is 22.8. The number of hydroxylamine groups is 1.